The Bertz CT molecular complexity index is 329. The van der Waals surface area contributed by atoms with Gasteiger partial charge in [0.15, 0.2) is 0 Å². The molecular weight excluding hydrogens is 222 g/mol. The maximum absolute atomic E-state index is 6.10. The number of hydrogen-bond donors (Lipinski definition) is 1. The molecule has 0 aromatic heterocycles. The standard InChI is InChI=1S/C13H20ClNO/c1-4-5-11(8-15)16-12-6-9(2)13(14)10(3)7-12/h6-7,11H,4-5,8,15H2,1-3H3. The lowest BCUT2D eigenvalue weighted by atomic mass is 10.1. The first-order chi connectivity index (χ1) is 7.58. The summed E-state index contributed by atoms with van der Waals surface area (Å²) < 4.78 is 5.84. The van der Waals surface area contributed by atoms with Crippen molar-refractivity contribution in [3.05, 3.63) is 28.3 Å². The van der Waals surface area contributed by atoms with Crippen LogP contribution < -0.4 is 10.5 Å². The van der Waals surface area contributed by atoms with Crippen molar-refractivity contribution in [3.8, 4) is 5.75 Å². The number of nitrogens with two attached hydrogens (primary N) is 1. The minimum absolute atomic E-state index is 0.102. The highest BCUT2D eigenvalue weighted by atomic mass is 35.5. The summed E-state index contributed by atoms with van der Waals surface area (Å²) in [5.74, 6) is 0.864. The van der Waals surface area contributed by atoms with Crippen molar-refractivity contribution in [2.75, 3.05) is 6.54 Å². The zero-order chi connectivity index (χ0) is 12.1. The van der Waals surface area contributed by atoms with Crippen LogP contribution in [0.5, 0.6) is 5.75 Å². The van der Waals surface area contributed by atoms with Crippen LogP contribution in [-0.4, -0.2) is 12.6 Å². The fraction of sp³-hybridized carbons (Fsp3) is 0.538. The number of ether oxygens (including phenoxy) is 1. The fourth-order valence-electron chi connectivity index (χ4n) is 1.71. The normalized spacial score (nSPS) is 12.6. The number of aryl methyl sites for hydroxylation is 2. The van der Waals surface area contributed by atoms with Gasteiger partial charge >= 0.3 is 0 Å². The lowest BCUT2D eigenvalue weighted by Crippen LogP contribution is -2.26. The molecule has 0 bridgehead atoms. The molecule has 1 unspecified atom stereocenters. The first-order valence-electron chi connectivity index (χ1n) is 5.72. The average molecular weight is 242 g/mol. The van der Waals surface area contributed by atoms with Crippen molar-refractivity contribution in [2.24, 2.45) is 5.73 Å². The molecule has 0 fully saturated rings. The van der Waals surface area contributed by atoms with Crippen LogP contribution in [0.3, 0.4) is 0 Å². The Balaban J connectivity index is 2.80. The molecule has 2 nitrogen and oxygen atoms in total. The van der Waals surface area contributed by atoms with Gasteiger partial charge in [-0.05, 0) is 43.5 Å². The van der Waals surface area contributed by atoms with Gasteiger partial charge in [0.1, 0.15) is 11.9 Å². The number of benzene rings is 1. The highest BCUT2D eigenvalue weighted by Crippen LogP contribution is 2.26. The largest absolute Gasteiger partial charge is 0.489 e. The second kappa shape index (κ2) is 6.12. The summed E-state index contributed by atoms with van der Waals surface area (Å²) in [5.41, 5.74) is 7.75. The van der Waals surface area contributed by atoms with E-state index in [1.54, 1.807) is 0 Å². The van der Waals surface area contributed by atoms with Crippen molar-refractivity contribution >= 4 is 11.6 Å². The summed E-state index contributed by atoms with van der Waals surface area (Å²) in [7, 11) is 0. The van der Waals surface area contributed by atoms with Crippen LogP contribution in [0.25, 0.3) is 0 Å². The quantitative estimate of drug-likeness (QED) is 0.857. The summed E-state index contributed by atoms with van der Waals surface area (Å²) in [4.78, 5) is 0. The third kappa shape index (κ3) is 3.39. The van der Waals surface area contributed by atoms with E-state index in [-0.39, 0.29) is 6.10 Å². The molecule has 0 saturated heterocycles. The summed E-state index contributed by atoms with van der Waals surface area (Å²) in [6.45, 7) is 6.65. The second-order valence-corrected chi connectivity index (χ2v) is 4.51. The minimum atomic E-state index is 0.102. The summed E-state index contributed by atoms with van der Waals surface area (Å²) in [5, 5.41) is 0.812. The van der Waals surface area contributed by atoms with Crippen LogP contribution >= 0.6 is 11.6 Å². The topological polar surface area (TPSA) is 35.2 Å². The van der Waals surface area contributed by atoms with E-state index in [9.17, 15) is 0 Å². The van der Waals surface area contributed by atoms with Gasteiger partial charge < -0.3 is 10.5 Å². The molecular formula is C13H20ClNO. The van der Waals surface area contributed by atoms with Crippen molar-refractivity contribution in [3.63, 3.8) is 0 Å². The zero-order valence-electron chi connectivity index (χ0n) is 10.2. The predicted octanol–water partition coefficient (Wildman–Crippen LogP) is 3.46. The summed E-state index contributed by atoms with van der Waals surface area (Å²) >= 11 is 6.10. The molecule has 0 aliphatic heterocycles. The van der Waals surface area contributed by atoms with Crippen molar-refractivity contribution < 1.29 is 4.74 Å². The maximum atomic E-state index is 6.10. The highest BCUT2D eigenvalue weighted by Gasteiger charge is 2.09. The van der Waals surface area contributed by atoms with E-state index in [2.05, 4.69) is 6.92 Å². The van der Waals surface area contributed by atoms with Crippen LogP contribution in [-0.2, 0) is 0 Å². The number of halogens is 1. The van der Waals surface area contributed by atoms with Gasteiger partial charge in [0.05, 0.1) is 0 Å². The lowest BCUT2D eigenvalue weighted by molar-refractivity contribution is 0.198. The van der Waals surface area contributed by atoms with Crippen LogP contribution in [0.2, 0.25) is 5.02 Å². The van der Waals surface area contributed by atoms with Gasteiger partial charge in [-0.2, -0.15) is 0 Å². The summed E-state index contributed by atoms with van der Waals surface area (Å²) in [6.07, 6.45) is 2.16. The van der Waals surface area contributed by atoms with Gasteiger partial charge in [-0.3, -0.25) is 0 Å². The number of rotatable bonds is 5. The monoisotopic (exact) mass is 241 g/mol. The molecule has 0 saturated carbocycles. The minimum Gasteiger partial charge on any atom is -0.489 e. The Morgan fingerprint density at radius 3 is 2.31 bits per heavy atom. The molecule has 0 aliphatic carbocycles. The van der Waals surface area contributed by atoms with E-state index in [1.165, 1.54) is 0 Å². The maximum Gasteiger partial charge on any atom is 0.120 e. The lowest BCUT2D eigenvalue weighted by Gasteiger charge is -2.18. The van der Waals surface area contributed by atoms with Crippen LogP contribution in [0.1, 0.15) is 30.9 Å². The number of hydrogen-bond acceptors (Lipinski definition) is 2. The van der Waals surface area contributed by atoms with E-state index in [0.29, 0.717) is 6.54 Å². The predicted molar refractivity (Wildman–Crippen MR) is 69.3 cm³/mol. The molecule has 0 aliphatic rings. The van der Waals surface area contributed by atoms with Crippen LogP contribution in [0.4, 0.5) is 0 Å². The fourth-order valence-corrected chi connectivity index (χ4v) is 1.82. The molecule has 0 spiro atoms. The molecule has 0 radical (unpaired) electrons. The Labute approximate surface area is 103 Å². The van der Waals surface area contributed by atoms with E-state index in [4.69, 9.17) is 22.1 Å². The van der Waals surface area contributed by atoms with Gasteiger partial charge in [-0.15, -0.1) is 0 Å². The zero-order valence-corrected chi connectivity index (χ0v) is 11.0. The van der Waals surface area contributed by atoms with Gasteiger partial charge in [0.2, 0.25) is 0 Å². The smallest absolute Gasteiger partial charge is 0.120 e. The third-order valence-electron chi connectivity index (χ3n) is 2.59. The molecule has 1 atom stereocenters. The molecule has 1 aromatic rings. The third-order valence-corrected chi connectivity index (χ3v) is 3.18. The first kappa shape index (κ1) is 13.3. The molecule has 0 amide bonds. The van der Waals surface area contributed by atoms with E-state index in [0.717, 1.165) is 34.7 Å². The van der Waals surface area contributed by atoms with Crippen molar-refractivity contribution in [2.45, 2.75) is 39.7 Å². The van der Waals surface area contributed by atoms with Crippen LogP contribution in [0, 0.1) is 13.8 Å². The Kier molecular flexibility index (Phi) is 5.10. The average Bonchev–Trinajstić information content (AvgIpc) is 2.25. The van der Waals surface area contributed by atoms with Crippen molar-refractivity contribution in [1.82, 2.24) is 0 Å². The SMILES string of the molecule is CCCC(CN)Oc1cc(C)c(Cl)c(C)c1. The highest BCUT2D eigenvalue weighted by molar-refractivity contribution is 6.32. The molecule has 2 N–H and O–H groups in total. The first-order valence-corrected chi connectivity index (χ1v) is 6.09. The molecule has 1 aromatic carbocycles. The second-order valence-electron chi connectivity index (χ2n) is 4.14. The van der Waals surface area contributed by atoms with Gasteiger partial charge in [-0.25, -0.2) is 0 Å². The van der Waals surface area contributed by atoms with Gasteiger partial charge in [-0.1, -0.05) is 24.9 Å². The van der Waals surface area contributed by atoms with Crippen LogP contribution in [0.15, 0.2) is 12.1 Å². The van der Waals surface area contributed by atoms with E-state index < -0.39 is 0 Å². The molecule has 90 valence electrons. The Morgan fingerprint density at radius 1 is 1.31 bits per heavy atom. The van der Waals surface area contributed by atoms with Gasteiger partial charge in [0.25, 0.3) is 0 Å². The molecule has 0 heterocycles. The van der Waals surface area contributed by atoms with Gasteiger partial charge in [0, 0.05) is 11.6 Å². The molecule has 1 rings (SSSR count). The van der Waals surface area contributed by atoms with E-state index >= 15 is 0 Å². The Morgan fingerprint density at radius 2 is 1.88 bits per heavy atom. The molecule has 16 heavy (non-hydrogen) atoms. The van der Waals surface area contributed by atoms with Crippen molar-refractivity contribution in [1.29, 1.82) is 0 Å². The Hall–Kier alpha value is -0.730. The summed E-state index contributed by atoms with van der Waals surface area (Å²) in [6, 6.07) is 3.93. The van der Waals surface area contributed by atoms with E-state index in [1.807, 2.05) is 26.0 Å². The molecule has 3 heteroatoms.